The van der Waals surface area contributed by atoms with Gasteiger partial charge in [-0.3, -0.25) is 9.59 Å². The van der Waals surface area contributed by atoms with E-state index in [1.807, 2.05) is 30.3 Å². The molecular formula is C21H23NO4. The van der Waals surface area contributed by atoms with E-state index in [0.717, 1.165) is 5.56 Å². The zero-order valence-electron chi connectivity index (χ0n) is 15.1. The summed E-state index contributed by atoms with van der Waals surface area (Å²) < 4.78 is 10.5. The average Bonchev–Trinajstić information content (AvgIpc) is 2.73. The fraction of sp³-hybridized carbons (Fsp3) is 0.333. The van der Waals surface area contributed by atoms with Crippen molar-refractivity contribution < 1.29 is 19.1 Å². The molecule has 2 aromatic carbocycles. The monoisotopic (exact) mass is 353 g/mol. The molecule has 136 valence electrons. The summed E-state index contributed by atoms with van der Waals surface area (Å²) in [5.41, 5.74) is 1.26. The summed E-state index contributed by atoms with van der Waals surface area (Å²) in [5, 5.41) is 0. The van der Waals surface area contributed by atoms with Crippen LogP contribution in [0.5, 0.6) is 11.5 Å². The number of hydrogen-bond donors (Lipinski definition) is 0. The maximum Gasteiger partial charge on any atom is 0.257 e. The van der Waals surface area contributed by atoms with Crippen LogP contribution in [0.1, 0.15) is 33.6 Å². The van der Waals surface area contributed by atoms with E-state index in [1.54, 1.807) is 30.2 Å². The summed E-state index contributed by atoms with van der Waals surface area (Å²) in [6.45, 7) is 1.13. The lowest BCUT2D eigenvalue weighted by atomic mass is 9.88. The zero-order valence-corrected chi connectivity index (χ0v) is 15.1. The van der Waals surface area contributed by atoms with Crippen molar-refractivity contribution in [3.05, 3.63) is 59.7 Å². The van der Waals surface area contributed by atoms with Gasteiger partial charge in [0.25, 0.3) is 5.91 Å². The number of amides is 1. The predicted octanol–water partition coefficient (Wildman–Crippen LogP) is 3.44. The first-order valence-corrected chi connectivity index (χ1v) is 8.74. The molecule has 1 fully saturated rings. The molecule has 1 saturated heterocycles. The number of ketones is 1. The second-order valence-corrected chi connectivity index (χ2v) is 6.36. The maximum absolute atomic E-state index is 12.8. The van der Waals surface area contributed by atoms with Gasteiger partial charge in [0.05, 0.1) is 19.8 Å². The summed E-state index contributed by atoms with van der Waals surface area (Å²) >= 11 is 0. The van der Waals surface area contributed by atoms with Crippen LogP contribution in [0.15, 0.2) is 48.5 Å². The van der Waals surface area contributed by atoms with E-state index >= 15 is 0 Å². The quantitative estimate of drug-likeness (QED) is 0.773. The Morgan fingerprint density at radius 1 is 0.962 bits per heavy atom. The van der Waals surface area contributed by atoms with Gasteiger partial charge >= 0.3 is 0 Å². The highest BCUT2D eigenvalue weighted by Crippen LogP contribution is 2.28. The van der Waals surface area contributed by atoms with Gasteiger partial charge in [0.2, 0.25) is 0 Å². The number of rotatable bonds is 5. The highest BCUT2D eigenvalue weighted by molar-refractivity contribution is 5.99. The molecular weight excluding hydrogens is 330 g/mol. The molecule has 0 unspecified atom stereocenters. The molecule has 0 bridgehead atoms. The minimum absolute atomic E-state index is 0.0285. The van der Waals surface area contributed by atoms with Gasteiger partial charge in [-0.1, -0.05) is 30.3 Å². The fourth-order valence-corrected chi connectivity index (χ4v) is 3.33. The molecule has 26 heavy (non-hydrogen) atoms. The Morgan fingerprint density at radius 2 is 1.65 bits per heavy atom. The van der Waals surface area contributed by atoms with E-state index in [1.165, 1.54) is 7.11 Å². The smallest absolute Gasteiger partial charge is 0.257 e. The van der Waals surface area contributed by atoms with Crippen molar-refractivity contribution in [2.24, 2.45) is 5.92 Å². The van der Waals surface area contributed by atoms with E-state index < -0.39 is 0 Å². The van der Waals surface area contributed by atoms with Crippen molar-refractivity contribution in [2.75, 3.05) is 27.3 Å². The number of piperidine rings is 1. The van der Waals surface area contributed by atoms with Crippen molar-refractivity contribution in [3.8, 4) is 11.5 Å². The lowest BCUT2D eigenvalue weighted by Crippen LogP contribution is -2.40. The number of ether oxygens (including phenoxy) is 2. The molecule has 5 heteroatoms. The molecule has 1 aliphatic heterocycles. The normalized spacial score (nSPS) is 14.8. The number of hydrogen-bond acceptors (Lipinski definition) is 4. The summed E-state index contributed by atoms with van der Waals surface area (Å²) in [5.74, 6) is 1.21. The number of methoxy groups -OCH3 is 2. The molecule has 0 N–H and O–H groups in total. The van der Waals surface area contributed by atoms with Gasteiger partial charge in [0.15, 0.2) is 5.78 Å². The molecule has 1 aliphatic rings. The van der Waals surface area contributed by atoms with Crippen molar-refractivity contribution in [1.29, 1.82) is 0 Å². The lowest BCUT2D eigenvalue weighted by Gasteiger charge is -2.31. The van der Waals surface area contributed by atoms with E-state index in [-0.39, 0.29) is 17.6 Å². The van der Waals surface area contributed by atoms with E-state index in [9.17, 15) is 9.59 Å². The van der Waals surface area contributed by atoms with Crippen molar-refractivity contribution in [3.63, 3.8) is 0 Å². The third kappa shape index (κ3) is 3.72. The van der Waals surface area contributed by atoms with Crippen LogP contribution in [0.4, 0.5) is 0 Å². The number of nitrogens with zero attached hydrogens (tertiary/aromatic N) is 1. The first-order valence-electron chi connectivity index (χ1n) is 8.74. The molecule has 1 heterocycles. The van der Waals surface area contributed by atoms with Gasteiger partial charge in [0, 0.05) is 30.6 Å². The Kier molecular flexibility index (Phi) is 5.56. The van der Waals surface area contributed by atoms with E-state index in [2.05, 4.69) is 0 Å². The first-order chi connectivity index (χ1) is 12.6. The molecule has 0 radical (unpaired) electrons. The SMILES string of the molecule is COc1ccc(C(=O)N2CCC(C(=O)c3ccccc3)CC2)c(OC)c1. The Balaban J connectivity index is 1.66. The van der Waals surface area contributed by atoms with E-state index in [0.29, 0.717) is 43.0 Å². The van der Waals surface area contributed by atoms with Crippen molar-refractivity contribution >= 4 is 11.7 Å². The Bertz CT molecular complexity index is 780. The lowest BCUT2D eigenvalue weighted by molar-refractivity contribution is 0.0647. The zero-order chi connectivity index (χ0) is 18.5. The van der Waals surface area contributed by atoms with Gasteiger partial charge in [-0.25, -0.2) is 0 Å². The minimum Gasteiger partial charge on any atom is -0.497 e. The highest BCUT2D eigenvalue weighted by atomic mass is 16.5. The number of Topliss-reactive ketones (excluding diaryl/α,β-unsaturated/α-hetero) is 1. The number of likely N-dealkylation sites (tertiary alicyclic amines) is 1. The predicted molar refractivity (Wildman–Crippen MR) is 98.9 cm³/mol. The molecule has 0 aliphatic carbocycles. The molecule has 5 nitrogen and oxygen atoms in total. The molecule has 2 aromatic rings. The molecule has 0 aromatic heterocycles. The van der Waals surface area contributed by atoms with Crippen LogP contribution in [0, 0.1) is 5.92 Å². The van der Waals surface area contributed by atoms with Crippen LogP contribution in [0.3, 0.4) is 0 Å². The van der Waals surface area contributed by atoms with Crippen LogP contribution in [-0.4, -0.2) is 43.9 Å². The van der Waals surface area contributed by atoms with Gasteiger partial charge in [-0.2, -0.15) is 0 Å². The molecule has 3 rings (SSSR count). The Labute approximate surface area is 153 Å². The molecule has 0 spiro atoms. The van der Waals surface area contributed by atoms with E-state index in [4.69, 9.17) is 9.47 Å². The second-order valence-electron chi connectivity index (χ2n) is 6.36. The van der Waals surface area contributed by atoms with Gasteiger partial charge in [-0.05, 0) is 25.0 Å². The Hall–Kier alpha value is -2.82. The summed E-state index contributed by atoms with van der Waals surface area (Å²) in [4.78, 5) is 27.2. The van der Waals surface area contributed by atoms with Crippen LogP contribution in [0.2, 0.25) is 0 Å². The largest absolute Gasteiger partial charge is 0.497 e. The summed E-state index contributed by atoms with van der Waals surface area (Å²) in [6, 6.07) is 14.5. The molecule has 0 saturated carbocycles. The minimum atomic E-state index is -0.0740. The first kappa shape index (κ1) is 18.0. The fourth-order valence-electron chi connectivity index (χ4n) is 3.33. The van der Waals surface area contributed by atoms with Crippen LogP contribution >= 0.6 is 0 Å². The molecule has 1 amide bonds. The number of benzene rings is 2. The molecule has 0 atom stereocenters. The van der Waals surface area contributed by atoms with Crippen LogP contribution < -0.4 is 9.47 Å². The van der Waals surface area contributed by atoms with Gasteiger partial charge in [0.1, 0.15) is 11.5 Å². The van der Waals surface area contributed by atoms with Gasteiger partial charge in [-0.15, -0.1) is 0 Å². The average molecular weight is 353 g/mol. The van der Waals surface area contributed by atoms with Crippen LogP contribution in [0.25, 0.3) is 0 Å². The second kappa shape index (κ2) is 8.04. The highest BCUT2D eigenvalue weighted by Gasteiger charge is 2.29. The topological polar surface area (TPSA) is 55.8 Å². The standard InChI is InChI=1S/C21H23NO4/c1-25-17-8-9-18(19(14-17)26-2)21(24)22-12-10-16(11-13-22)20(23)15-6-4-3-5-7-15/h3-9,14,16H,10-13H2,1-2H3. The summed E-state index contributed by atoms with van der Waals surface area (Å²) in [6.07, 6.45) is 1.36. The van der Waals surface area contributed by atoms with Gasteiger partial charge < -0.3 is 14.4 Å². The third-order valence-electron chi connectivity index (χ3n) is 4.85. The number of carbonyl (C=O) groups excluding carboxylic acids is 2. The van der Waals surface area contributed by atoms with Crippen molar-refractivity contribution in [1.82, 2.24) is 4.90 Å². The van der Waals surface area contributed by atoms with Crippen LogP contribution in [-0.2, 0) is 0 Å². The Morgan fingerprint density at radius 3 is 2.27 bits per heavy atom. The van der Waals surface area contributed by atoms with Crippen molar-refractivity contribution in [2.45, 2.75) is 12.8 Å². The third-order valence-corrected chi connectivity index (χ3v) is 4.85. The maximum atomic E-state index is 12.8. The number of carbonyl (C=O) groups is 2. The summed E-state index contributed by atoms with van der Waals surface area (Å²) in [7, 11) is 3.11.